The van der Waals surface area contributed by atoms with Crippen LogP contribution in [-0.4, -0.2) is 34.0 Å². The van der Waals surface area contributed by atoms with E-state index in [0.717, 1.165) is 10.9 Å². The molecule has 4 heterocycles. The van der Waals surface area contributed by atoms with Gasteiger partial charge in [0.15, 0.2) is 11.1 Å². The number of nitrogens with zero attached hydrogens (tertiary/aromatic N) is 4. The Hall–Kier alpha value is -3.86. The maximum Gasteiger partial charge on any atom is 0.249 e. The Balaban J connectivity index is 1.72. The molecule has 1 aromatic carbocycles. The lowest BCUT2D eigenvalue weighted by Crippen LogP contribution is -2.27. The smallest absolute Gasteiger partial charge is 0.249 e. The Labute approximate surface area is 182 Å². The molecule has 0 radical (unpaired) electrons. The summed E-state index contributed by atoms with van der Waals surface area (Å²) in [6, 6.07) is 14.5. The standard InChI is InChI=1S/C24H19F2N5O/c25-24(26)7-3-10-31(11-8-24)23-16(12-15-4-1-2-5-17(15)30-23)19-13-21(32)22-18(29-19)6-9-28-20(22)14-27/h1-2,4-6,9,12-13H,3,7-8,10-11H2,(H,29,32). The average molecular weight is 431 g/mol. The number of halogens is 2. The van der Waals surface area contributed by atoms with Crippen molar-refractivity contribution >= 4 is 27.6 Å². The van der Waals surface area contributed by atoms with E-state index >= 15 is 0 Å². The first-order valence-electron chi connectivity index (χ1n) is 10.4. The molecule has 1 fully saturated rings. The van der Waals surface area contributed by atoms with Crippen LogP contribution in [0.3, 0.4) is 0 Å². The normalized spacial score (nSPS) is 16.1. The van der Waals surface area contributed by atoms with Crippen molar-refractivity contribution in [3.8, 4) is 17.3 Å². The Bertz CT molecular complexity index is 1440. The number of alkyl halides is 2. The van der Waals surface area contributed by atoms with Gasteiger partial charge in [0, 0.05) is 49.1 Å². The van der Waals surface area contributed by atoms with Gasteiger partial charge < -0.3 is 9.88 Å². The predicted molar refractivity (Wildman–Crippen MR) is 119 cm³/mol. The third-order valence-corrected chi connectivity index (χ3v) is 5.86. The molecule has 32 heavy (non-hydrogen) atoms. The van der Waals surface area contributed by atoms with Crippen LogP contribution >= 0.6 is 0 Å². The first-order chi connectivity index (χ1) is 15.4. The van der Waals surface area contributed by atoms with Crippen LogP contribution in [0.5, 0.6) is 0 Å². The summed E-state index contributed by atoms with van der Waals surface area (Å²) in [6.07, 6.45) is 1.43. The number of rotatable bonds is 2. The number of para-hydroxylation sites is 1. The number of aromatic amines is 1. The fourth-order valence-electron chi connectivity index (χ4n) is 4.25. The molecule has 4 aromatic rings. The molecular weight excluding hydrogens is 412 g/mol. The van der Waals surface area contributed by atoms with E-state index in [1.165, 1.54) is 12.3 Å². The fourth-order valence-corrected chi connectivity index (χ4v) is 4.25. The number of H-pyrrole nitrogens is 1. The number of aromatic nitrogens is 3. The van der Waals surface area contributed by atoms with Crippen molar-refractivity contribution in [2.24, 2.45) is 0 Å². The maximum absolute atomic E-state index is 14.0. The van der Waals surface area contributed by atoms with Gasteiger partial charge in [-0.05, 0) is 24.6 Å². The van der Waals surface area contributed by atoms with Gasteiger partial charge in [0.2, 0.25) is 5.92 Å². The fraction of sp³-hybridized carbons (Fsp3) is 0.250. The Morgan fingerprint density at radius 1 is 1.12 bits per heavy atom. The molecule has 1 saturated heterocycles. The van der Waals surface area contributed by atoms with Gasteiger partial charge in [-0.2, -0.15) is 5.26 Å². The third kappa shape index (κ3) is 3.56. The molecule has 0 bridgehead atoms. The van der Waals surface area contributed by atoms with Crippen LogP contribution in [0.4, 0.5) is 14.6 Å². The summed E-state index contributed by atoms with van der Waals surface area (Å²) in [5, 5.41) is 10.4. The first kappa shape index (κ1) is 20.1. The van der Waals surface area contributed by atoms with E-state index in [1.54, 1.807) is 6.07 Å². The third-order valence-electron chi connectivity index (χ3n) is 5.86. The average Bonchev–Trinajstić information content (AvgIpc) is 2.98. The van der Waals surface area contributed by atoms with E-state index in [1.807, 2.05) is 41.3 Å². The van der Waals surface area contributed by atoms with Gasteiger partial charge in [0.05, 0.1) is 22.1 Å². The summed E-state index contributed by atoms with van der Waals surface area (Å²) in [4.78, 5) is 26.8. The molecule has 160 valence electrons. The molecule has 0 spiro atoms. The Morgan fingerprint density at radius 3 is 2.81 bits per heavy atom. The van der Waals surface area contributed by atoms with E-state index in [-0.39, 0.29) is 35.9 Å². The molecule has 1 N–H and O–H groups in total. The van der Waals surface area contributed by atoms with Crippen LogP contribution < -0.4 is 10.3 Å². The molecule has 5 rings (SSSR count). The molecular formula is C24H19F2N5O. The zero-order chi connectivity index (χ0) is 22.3. The summed E-state index contributed by atoms with van der Waals surface area (Å²) in [5.41, 5.74) is 2.13. The zero-order valence-electron chi connectivity index (χ0n) is 17.1. The highest BCUT2D eigenvalue weighted by Gasteiger charge is 2.32. The number of hydrogen-bond acceptors (Lipinski definition) is 5. The summed E-state index contributed by atoms with van der Waals surface area (Å²) in [5.74, 6) is -2.13. The molecule has 3 aromatic heterocycles. The predicted octanol–water partition coefficient (Wildman–Crippen LogP) is 4.64. The second-order valence-electron chi connectivity index (χ2n) is 7.99. The van der Waals surface area contributed by atoms with E-state index in [4.69, 9.17) is 4.98 Å². The van der Waals surface area contributed by atoms with Crippen LogP contribution in [0, 0.1) is 11.3 Å². The van der Waals surface area contributed by atoms with Gasteiger partial charge >= 0.3 is 0 Å². The quantitative estimate of drug-likeness (QED) is 0.500. The second-order valence-corrected chi connectivity index (χ2v) is 7.99. The molecule has 0 amide bonds. The Kier molecular flexibility index (Phi) is 4.82. The number of nitrogens with one attached hydrogen (secondary N) is 1. The molecule has 0 unspecified atom stereocenters. The van der Waals surface area contributed by atoms with Crippen molar-refractivity contribution in [3.63, 3.8) is 0 Å². The van der Waals surface area contributed by atoms with Crippen molar-refractivity contribution in [1.29, 1.82) is 5.26 Å². The lowest BCUT2D eigenvalue weighted by molar-refractivity contribution is -0.0102. The van der Waals surface area contributed by atoms with Gasteiger partial charge in [-0.25, -0.2) is 18.7 Å². The van der Waals surface area contributed by atoms with Crippen LogP contribution in [0.25, 0.3) is 33.1 Å². The molecule has 0 aliphatic carbocycles. The van der Waals surface area contributed by atoms with Crippen LogP contribution in [-0.2, 0) is 0 Å². The van der Waals surface area contributed by atoms with Gasteiger partial charge in [-0.1, -0.05) is 18.2 Å². The SMILES string of the molecule is N#Cc1nccc2[nH]c(-c3cc4ccccc4nc3N3CCCC(F)(F)CC3)cc(=O)c12. The van der Waals surface area contributed by atoms with Gasteiger partial charge in [-0.15, -0.1) is 0 Å². The molecule has 0 atom stereocenters. The van der Waals surface area contributed by atoms with Gasteiger partial charge in [0.1, 0.15) is 11.9 Å². The van der Waals surface area contributed by atoms with E-state index in [9.17, 15) is 18.8 Å². The van der Waals surface area contributed by atoms with Gasteiger partial charge in [-0.3, -0.25) is 4.79 Å². The molecule has 6 nitrogen and oxygen atoms in total. The van der Waals surface area contributed by atoms with Crippen LogP contribution in [0.2, 0.25) is 0 Å². The minimum atomic E-state index is -2.69. The highest BCUT2D eigenvalue weighted by atomic mass is 19.3. The topological polar surface area (TPSA) is 85.7 Å². The first-order valence-corrected chi connectivity index (χ1v) is 10.4. The summed E-state index contributed by atoms with van der Waals surface area (Å²) >= 11 is 0. The van der Waals surface area contributed by atoms with E-state index in [2.05, 4.69) is 9.97 Å². The molecule has 1 aliphatic rings. The molecule has 1 aliphatic heterocycles. The Morgan fingerprint density at radius 2 is 1.97 bits per heavy atom. The van der Waals surface area contributed by atoms with Crippen molar-refractivity contribution < 1.29 is 8.78 Å². The highest BCUT2D eigenvalue weighted by molar-refractivity contribution is 5.91. The number of hydrogen-bond donors (Lipinski definition) is 1. The number of pyridine rings is 3. The minimum absolute atomic E-state index is 0.0573. The molecule has 8 heteroatoms. The van der Waals surface area contributed by atoms with Gasteiger partial charge in [0.25, 0.3) is 0 Å². The summed E-state index contributed by atoms with van der Waals surface area (Å²) in [7, 11) is 0. The van der Waals surface area contributed by atoms with Crippen molar-refractivity contribution in [1.82, 2.24) is 15.0 Å². The molecule has 0 saturated carbocycles. The zero-order valence-corrected chi connectivity index (χ0v) is 17.1. The van der Waals surface area contributed by atoms with E-state index in [0.29, 0.717) is 35.6 Å². The number of nitriles is 1. The maximum atomic E-state index is 14.0. The van der Waals surface area contributed by atoms with Crippen molar-refractivity contribution in [3.05, 3.63) is 64.6 Å². The second kappa shape index (κ2) is 7.68. The lowest BCUT2D eigenvalue weighted by Gasteiger charge is -2.25. The highest BCUT2D eigenvalue weighted by Crippen LogP contribution is 2.35. The number of anilines is 1. The largest absolute Gasteiger partial charge is 0.356 e. The van der Waals surface area contributed by atoms with Crippen molar-refractivity contribution in [2.45, 2.75) is 25.2 Å². The van der Waals surface area contributed by atoms with E-state index < -0.39 is 5.92 Å². The minimum Gasteiger partial charge on any atom is -0.356 e. The number of fused-ring (bicyclic) bond motifs is 2. The summed E-state index contributed by atoms with van der Waals surface area (Å²) < 4.78 is 28.0. The number of benzene rings is 1. The lowest BCUT2D eigenvalue weighted by atomic mass is 10.1. The van der Waals surface area contributed by atoms with Crippen LogP contribution in [0.15, 0.2) is 53.5 Å². The summed E-state index contributed by atoms with van der Waals surface area (Å²) in [6.45, 7) is 0.625. The van der Waals surface area contributed by atoms with Crippen LogP contribution in [0.1, 0.15) is 25.0 Å². The van der Waals surface area contributed by atoms with Crippen molar-refractivity contribution in [2.75, 3.05) is 18.0 Å². The monoisotopic (exact) mass is 431 g/mol.